The summed E-state index contributed by atoms with van der Waals surface area (Å²) in [5.41, 5.74) is 6.33. The number of carbonyl (C=O) groups is 1. The molecular formula is C14H19NO3. The molecule has 1 heterocycles. The third-order valence-corrected chi connectivity index (χ3v) is 2.55. The highest BCUT2D eigenvalue weighted by molar-refractivity contribution is 5.73. The maximum Gasteiger partial charge on any atom is 0.320 e. The van der Waals surface area contributed by atoms with Gasteiger partial charge in [0.05, 0.1) is 0 Å². The van der Waals surface area contributed by atoms with Gasteiger partial charge in [-0.3, -0.25) is 4.79 Å². The van der Waals surface area contributed by atoms with Crippen molar-refractivity contribution in [1.82, 2.24) is 0 Å². The Morgan fingerprint density at radius 2 is 2.06 bits per heavy atom. The minimum Gasteiger partial charge on any atom is -0.489 e. The van der Waals surface area contributed by atoms with E-state index in [1.54, 1.807) is 13.8 Å². The molecule has 3 N–H and O–H groups in total. The number of rotatable bonds is 2. The molecule has 0 saturated carbocycles. The number of ether oxygens (including phenoxy) is 1. The molecule has 1 atom stereocenters. The normalized spacial score (nSPS) is 14.0. The van der Waals surface area contributed by atoms with Gasteiger partial charge in [0.25, 0.3) is 0 Å². The van der Waals surface area contributed by atoms with Crippen LogP contribution in [0.1, 0.15) is 19.4 Å². The molecule has 0 aliphatic carbocycles. The van der Waals surface area contributed by atoms with Crippen LogP contribution >= 0.6 is 0 Å². The smallest absolute Gasteiger partial charge is 0.320 e. The molecule has 0 aromatic heterocycles. The van der Waals surface area contributed by atoms with E-state index in [0.29, 0.717) is 6.61 Å². The molecule has 2 rings (SSSR count). The fourth-order valence-electron chi connectivity index (χ4n) is 1.35. The minimum atomic E-state index is -0.931. The quantitative estimate of drug-likeness (QED) is 0.842. The van der Waals surface area contributed by atoms with Crippen molar-refractivity contribution in [3.05, 3.63) is 35.9 Å². The van der Waals surface area contributed by atoms with Crippen LogP contribution in [0.25, 0.3) is 6.08 Å². The highest BCUT2D eigenvalue weighted by Gasteiger charge is 2.14. The van der Waals surface area contributed by atoms with Crippen LogP contribution in [0, 0.1) is 5.92 Å². The third kappa shape index (κ3) is 4.22. The maximum absolute atomic E-state index is 10.0. The summed E-state index contributed by atoms with van der Waals surface area (Å²) in [5, 5.41) is 8.23. The second kappa shape index (κ2) is 6.81. The molecule has 1 aliphatic heterocycles. The van der Waals surface area contributed by atoms with Gasteiger partial charge in [0.2, 0.25) is 0 Å². The standard InChI is InChI=1S/C9H8O.C5H11NO2/c1-2-6-9-8(4-1)5-3-7-10-9;1-3(2)4(6)5(7)8/h1-6H,7H2;3-4H,6H2,1-2H3,(H,7,8)/t;4-/m.0/s1. The third-order valence-electron chi connectivity index (χ3n) is 2.55. The molecule has 0 fully saturated rings. The Balaban J connectivity index is 0.000000187. The molecule has 0 unspecified atom stereocenters. The van der Waals surface area contributed by atoms with E-state index in [-0.39, 0.29) is 5.92 Å². The molecular weight excluding hydrogens is 230 g/mol. The van der Waals surface area contributed by atoms with Crippen molar-refractivity contribution in [3.63, 3.8) is 0 Å². The van der Waals surface area contributed by atoms with Crippen LogP contribution in [0.15, 0.2) is 30.3 Å². The first-order valence-electron chi connectivity index (χ1n) is 5.89. The van der Waals surface area contributed by atoms with Gasteiger partial charge in [0.1, 0.15) is 18.4 Å². The van der Waals surface area contributed by atoms with E-state index < -0.39 is 12.0 Å². The topological polar surface area (TPSA) is 72.5 Å². The Bertz CT molecular complexity index is 427. The number of aliphatic carboxylic acids is 1. The summed E-state index contributed by atoms with van der Waals surface area (Å²) in [6.07, 6.45) is 4.10. The fourth-order valence-corrected chi connectivity index (χ4v) is 1.35. The Morgan fingerprint density at radius 1 is 1.39 bits per heavy atom. The van der Waals surface area contributed by atoms with Crippen LogP contribution in [-0.2, 0) is 4.79 Å². The molecule has 1 aliphatic rings. The zero-order valence-electron chi connectivity index (χ0n) is 10.7. The van der Waals surface area contributed by atoms with E-state index in [0.717, 1.165) is 5.75 Å². The van der Waals surface area contributed by atoms with Crippen LogP contribution in [0.5, 0.6) is 5.75 Å². The van der Waals surface area contributed by atoms with Crippen LogP contribution in [0.2, 0.25) is 0 Å². The van der Waals surface area contributed by atoms with E-state index in [1.165, 1.54) is 5.56 Å². The van der Waals surface area contributed by atoms with Gasteiger partial charge >= 0.3 is 5.97 Å². The predicted octanol–water partition coefficient (Wildman–Crippen LogP) is 2.15. The summed E-state index contributed by atoms with van der Waals surface area (Å²) in [4.78, 5) is 10.0. The fraction of sp³-hybridized carbons (Fsp3) is 0.357. The molecule has 18 heavy (non-hydrogen) atoms. The molecule has 0 amide bonds. The molecule has 0 saturated heterocycles. The summed E-state index contributed by atoms with van der Waals surface area (Å²) >= 11 is 0. The van der Waals surface area contributed by atoms with Crippen LogP contribution in [-0.4, -0.2) is 23.7 Å². The molecule has 0 bridgehead atoms. The van der Waals surface area contributed by atoms with Crippen molar-refractivity contribution >= 4 is 12.0 Å². The van der Waals surface area contributed by atoms with E-state index in [9.17, 15) is 4.79 Å². The first-order chi connectivity index (χ1) is 8.52. The van der Waals surface area contributed by atoms with Gasteiger partial charge in [0.15, 0.2) is 0 Å². The molecule has 0 radical (unpaired) electrons. The number of para-hydroxylation sites is 1. The SMILES string of the molecule is C1=Cc2ccccc2OC1.CC(C)[C@H](N)C(=O)O. The van der Waals surface area contributed by atoms with Crippen molar-refractivity contribution in [1.29, 1.82) is 0 Å². The number of hydrogen-bond acceptors (Lipinski definition) is 3. The lowest BCUT2D eigenvalue weighted by Gasteiger charge is -2.10. The first-order valence-corrected chi connectivity index (χ1v) is 5.89. The molecule has 1 aromatic carbocycles. The second-order valence-corrected chi connectivity index (χ2v) is 4.36. The number of fused-ring (bicyclic) bond motifs is 1. The van der Waals surface area contributed by atoms with Crippen molar-refractivity contribution < 1.29 is 14.6 Å². The lowest BCUT2D eigenvalue weighted by molar-refractivity contribution is -0.139. The Labute approximate surface area is 107 Å². The summed E-state index contributed by atoms with van der Waals surface area (Å²) in [7, 11) is 0. The van der Waals surface area contributed by atoms with E-state index >= 15 is 0 Å². The average Bonchev–Trinajstić information content (AvgIpc) is 2.38. The summed E-state index contributed by atoms with van der Waals surface area (Å²) in [6.45, 7) is 4.26. The van der Waals surface area contributed by atoms with E-state index in [2.05, 4.69) is 6.08 Å². The summed E-state index contributed by atoms with van der Waals surface area (Å²) in [6, 6.07) is 7.31. The van der Waals surface area contributed by atoms with Crippen LogP contribution < -0.4 is 10.5 Å². The summed E-state index contributed by atoms with van der Waals surface area (Å²) in [5.74, 6) is 0.0810. The van der Waals surface area contributed by atoms with Crippen molar-refractivity contribution in [2.75, 3.05) is 6.61 Å². The molecule has 0 spiro atoms. The van der Waals surface area contributed by atoms with Crippen LogP contribution in [0.3, 0.4) is 0 Å². The second-order valence-electron chi connectivity index (χ2n) is 4.36. The highest BCUT2D eigenvalue weighted by Crippen LogP contribution is 2.21. The van der Waals surface area contributed by atoms with Gasteiger partial charge in [-0.05, 0) is 18.1 Å². The average molecular weight is 249 g/mol. The van der Waals surface area contributed by atoms with Gasteiger partial charge in [-0.2, -0.15) is 0 Å². The molecule has 98 valence electrons. The number of carboxylic acids is 1. The monoisotopic (exact) mass is 249 g/mol. The van der Waals surface area contributed by atoms with E-state index in [4.69, 9.17) is 15.6 Å². The van der Waals surface area contributed by atoms with Gasteiger partial charge in [0, 0.05) is 5.56 Å². The number of carboxylic acid groups (broad SMARTS) is 1. The predicted molar refractivity (Wildman–Crippen MR) is 71.4 cm³/mol. The van der Waals surface area contributed by atoms with Crippen molar-refractivity contribution in [3.8, 4) is 5.75 Å². The number of benzene rings is 1. The van der Waals surface area contributed by atoms with Gasteiger partial charge in [-0.15, -0.1) is 0 Å². The van der Waals surface area contributed by atoms with Gasteiger partial charge < -0.3 is 15.6 Å². The van der Waals surface area contributed by atoms with Crippen molar-refractivity contribution in [2.45, 2.75) is 19.9 Å². The number of hydrogen-bond donors (Lipinski definition) is 2. The zero-order chi connectivity index (χ0) is 13.5. The molecule has 4 nitrogen and oxygen atoms in total. The maximum atomic E-state index is 10.0. The lowest BCUT2D eigenvalue weighted by atomic mass is 10.1. The summed E-state index contributed by atoms with van der Waals surface area (Å²) < 4.78 is 5.34. The van der Waals surface area contributed by atoms with E-state index in [1.807, 2.05) is 30.3 Å². The largest absolute Gasteiger partial charge is 0.489 e. The Morgan fingerprint density at radius 3 is 2.56 bits per heavy atom. The zero-order valence-corrected chi connectivity index (χ0v) is 10.7. The van der Waals surface area contributed by atoms with Gasteiger partial charge in [-0.1, -0.05) is 38.1 Å². The first kappa shape index (κ1) is 14.3. The minimum absolute atomic E-state index is 0.0208. The van der Waals surface area contributed by atoms with Crippen LogP contribution in [0.4, 0.5) is 0 Å². The van der Waals surface area contributed by atoms with Gasteiger partial charge in [-0.25, -0.2) is 0 Å². The number of nitrogens with two attached hydrogens (primary N) is 1. The highest BCUT2D eigenvalue weighted by atomic mass is 16.5. The Kier molecular flexibility index (Phi) is 5.39. The van der Waals surface area contributed by atoms with Crippen molar-refractivity contribution in [2.24, 2.45) is 11.7 Å². The Hall–Kier alpha value is -1.81. The lowest BCUT2D eigenvalue weighted by Crippen LogP contribution is -2.34. The molecule has 4 heteroatoms. The molecule has 1 aromatic rings.